The summed E-state index contributed by atoms with van der Waals surface area (Å²) < 4.78 is 13.9. The van der Waals surface area contributed by atoms with E-state index in [1.807, 2.05) is 32.9 Å². The molecule has 1 nitrogen and oxygen atoms in total. The smallest absolute Gasteiger partial charge is 0.129 e. The zero-order valence-corrected chi connectivity index (χ0v) is 11.8. The van der Waals surface area contributed by atoms with Gasteiger partial charge in [0, 0.05) is 5.56 Å². The van der Waals surface area contributed by atoms with Crippen molar-refractivity contribution in [2.24, 2.45) is 0 Å². The van der Waals surface area contributed by atoms with Gasteiger partial charge in [-0.2, -0.15) is 0 Å². The standard InChI is InChI=1S/C17H19FO/c1-11-9-13(3)15(10-12(11)2)17(4,19)14-7-5-6-8-16(14)18/h5-10,19H,1-4H3. The first-order valence-corrected chi connectivity index (χ1v) is 6.39. The Morgan fingerprint density at radius 2 is 1.47 bits per heavy atom. The topological polar surface area (TPSA) is 20.2 Å². The van der Waals surface area contributed by atoms with Crippen LogP contribution in [0, 0.1) is 26.6 Å². The second-order valence-corrected chi connectivity index (χ2v) is 5.30. The lowest BCUT2D eigenvalue weighted by molar-refractivity contribution is 0.0972. The molecule has 0 aliphatic heterocycles. The van der Waals surface area contributed by atoms with Gasteiger partial charge in [0.15, 0.2) is 0 Å². The molecule has 0 fully saturated rings. The highest BCUT2D eigenvalue weighted by atomic mass is 19.1. The Labute approximate surface area is 113 Å². The predicted molar refractivity (Wildman–Crippen MR) is 75.7 cm³/mol. The molecule has 0 bridgehead atoms. The van der Waals surface area contributed by atoms with E-state index in [-0.39, 0.29) is 5.82 Å². The van der Waals surface area contributed by atoms with E-state index < -0.39 is 5.60 Å². The van der Waals surface area contributed by atoms with Gasteiger partial charge in [0.25, 0.3) is 0 Å². The predicted octanol–water partition coefficient (Wildman–Crippen LogP) is 4.01. The Morgan fingerprint density at radius 1 is 0.895 bits per heavy atom. The van der Waals surface area contributed by atoms with Crippen LogP contribution < -0.4 is 0 Å². The number of hydrogen-bond acceptors (Lipinski definition) is 1. The van der Waals surface area contributed by atoms with Crippen LogP contribution in [0.25, 0.3) is 0 Å². The fraction of sp³-hybridized carbons (Fsp3) is 0.294. The van der Waals surface area contributed by atoms with Crippen LogP contribution in [0.2, 0.25) is 0 Å². The van der Waals surface area contributed by atoms with Crippen LogP contribution in [-0.2, 0) is 5.60 Å². The van der Waals surface area contributed by atoms with Gasteiger partial charge in [-0.05, 0) is 56.0 Å². The van der Waals surface area contributed by atoms with E-state index >= 15 is 0 Å². The number of aliphatic hydroxyl groups is 1. The SMILES string of the molecule is Cc1cc(C)c(C(C)(O)c2ccccc2F)cc1C. The van der Waals surface area contributed by atoms with Gasteiger partial charge in [-0.15, -0.1) is 0 Å². The molecule has 100 valence electrons. The van der Waals surface area contributed by atoms with Gasteiger partial charge in [0.2, 0.25) is 0 Å². The van der Waals surface area contributed by atoms with Crippen LogP contribution in [0.3, 0.4) is 0 Å². The van der Waals surface area contributed by atoms with Crippen molar-refractivity contribution >= 4 is 0 Å². The summed E-state index contributed by atoms with van der Waals surface area (Å²) >= 11 is 0. The number of hydrogen-bond donors (Lipinski definition) is 1. The van der Waals surface area contributed by atoms with Crippen LogP contribution >= 0.6 is 0 Å². The van der Waals surface area contributed by atoms with Crippen molar-refractivity contribution in [3.63, 3.8) is 0 Å². The Kier molecular flexibility index (Phi) is 3.46. The van der Waals surface area contributed by atoms with E-state index in [0.717, 1.165) is 16.7 Å². The summed E-state index contributed by atoms with van der Waals surface area (Å²) in [7, 11) is 0. The molecular formula is C17H19FO. The molecule has 0 aliphatic rings. The van der Waals surface area contributed by atoms with Crippen molar-refractivity contribution in [3.05, 3.63) is 70.0 Å². The second-order valence-electron chi connectivity index (χ2n) is 5.30. The molecule has 2 aromatic carbocycles. The molecule has 19 heavy (non-hydrogen) atoms. The Bertz CT molecular complexity index is 615. The maximum atomic E-state index is 13.9. The first kappa shape index (κ1) is 13.8. The lowest BCUT2D eigenvalue weighted by Gasteiger charge is -2.27. The van der Waals surface area contributed by atoms with Crippen LogP contribution in [-0.4, -0.2) is 5.11 Å². The maximum Gasteiger partial charge on any atom is 0.129 e. The minimum absolute atomic E-state index is 0.307. The first-order chi connectivity index (χ1) is 8.84. The van der Waals surface area contributed by atoms with Crippen LogP contribution in [0.1, 0.15) is 34.7 Å². The number of rotatable bonds is 2. The largest absolute Gasteiger partial charge is 0.381 e. The Balaban J connectivity index is 2.63. The Hall–Kier alpha value is -1.67. The normalized spacial score (nSPS) is 14.2. The molecule has 0 radical (unpaired) electrons. The summed E-state index contributed by atoms with van der Waals surface area (Å²) in [5.41, 5.74) is 2.97. The third kappa shape index (κ3) is 2.41. The fourth-order valence-corrected chi connectivity index (χ4v) is 2.49. The quantitative estimate of drug-likeness (QED) is 0.863. The number of halogens is 1. The minimum Gasteiger partial charge on any atom is -0.381 e. The molecule has 0 amide bonds. The average molecular weight is 258 g/mol. The number of benzene rings is 2. The monoisotopic (exact) mass is 258 g/mol. The third-order valence-corrected chi connectivity index (χ3v) is 3.76. The van der Waals surface area contributed by atoms with Crippen molar-refractivity contribution in [2.45, 2.75) is 33.3 Å². The molecule has 0 heterocycles. The molecule has 2 rings (SSSR count). The molecule has 0 saturated heterocycles. The van der Waals surface area contributed by atoms with Crippen molar-refractivity contribution in [1.29, 1.82) is 0 Å². The van der Waals surface area contributed by atoms with Crippen molar-refractivity contribution < 1.29 is 9.50 Å². The number of aryl methyl sites for hydroxylation is 3. The molecule has 1 N–H and O–H groups in total. The molecule has 2 heteroatoms. The lowest BCUT2D eigenvalue weighted by Crippen LogP contribution is -2.25. The molecular weight excluding hydrogens is 239 g/mol. The van der Waals surface area contributed by atoms with Gasteiger partial charge in [-0.1, -0.05) is 30.3 Å². The summed E-state index contributed by atoms with van der Waals surface area (Å²) in [5, 5.41) is 10.8. The van der Waals surface area contributed by atoms with Gasteiger partial charge < -0.3 is 5.11 Å². The van der Waals surface area contributed by atoms with Crippen molar-refractivity contribution in [2.75, 3.05) is 0 Å². The molecule has 0 saturated carbocycles. The van der Waals surface area contributed by atoms with E-state index in [4.69, 9.17) is 0 Å². The molecule has 1 atom stereocenters. The summed E-state index contributed by atoms with van der Waals surface area (Å²) in [6, 6.07) is 10.3. The van der Waals surface area contributed by atoms with E-state index in [1.165, 1.54) is 11.6 Å². The minimum atomic E-state index is -1.33. The molecule has 2 aromatic rings. The van der Waals surface area contributed by atoms with Gasteiger partial charge in [-0.3, -0.25) is 0 Å². The summed E-state index contributed by atoms with van der Waals surface area (Å²) in [5.74, 6) is -0.384. The van der Waals surface area contributed by atoms with Crippen LogP contribution in [0.4, 0.5) is 4.39 Å². The van der Waals surface area contributed by atoms with Crippen LogP contribution in [0.5, 0.6) is 0 Å². The van der Waals surface area contributed by atoms with Crippen molar-refractivity contribution in [1.82, 2.24) is 0 Å². The third-order valence-electron chi connectivity index (χ3n) is 3.76. The fourth-order valence-electron chi connectivity index (χ4n) is 2.49. The van der Waals surface area contributed by atoms with Gasteiger partial charge in [-0.25, -0.2) is 4.39 Å². The van der Waals surface area contributed by atoms with Crippen molar-refractivity contribution in [3.8, 4) is 0 Å². The summed E-state index contributed by atoms with van der Waals surface area (Å²) in [6.45, 7) is 7.61. The highest BCUT2D eigenvalue weighted by Gasteiger charge is 2.30. The highest BCUT2D eigenvalue weighted by molar-refractivity contribution is 5.44. The van der Waals surface area contributed by atoms with E-state index in [1.54, 1.807) is 25.1 Å². The Morgan fingerprint density at radius 3 is 2.11 bits per heavy atom. The average Bonchev–Trinajstić information content (AvgIpc) is 2.34. The lowest BCUT2D eigenvalue weighted by atomic mass is 9.83. The van der Waals surface area contributed by atoms with Gasteiger partial charge >= 0.3 is 0 Å². The van der Waals surface area contributed by atoms with Crippen LogP contribution in [0.15, 0.2) is 36.4 Å². The molecule has 0 spiro atoms. The molecule has 0 aromatic heterocycles. The zero-order chi connectivity index (χ0) is 14.2. The highest BCUT2D eigenvalue weighted by Crippen LogP contribution is 2.34. The zero-order valence-electron chi connectivity index (χ0n) is 11.8. The van der Waals surface area contributed by atoms with E-state index in [0.29, 0.717) is 5.56 Å². The van der Waals surface area contributed by atoms with E-state index in [9.17, 15) is 9.50 Å². The van der Waals surface area contributed by atoms with Gasteiger partial charge in [0.05, 0.1) is 0 Å². The molecule has 0 aliphatic carbocycles. The molecule has 1 unspecified atom stereocenters. The second kappa shape index (κ2) is 4.78. The maximum absolute atomic E-state index is 13.9. The van der Waals surface area contributed by atoms with E-state index in [2.05, 4.69) is 0 Å². The van der Waals surface area contributed by atoms with Gasteiger partial charge in [0.1, 0.15) is 11.4 Å². The first-order valence-electron chi connectivity index (χ1n) is 6.39. The summed E-state index contributed by atoms with van der Waals surface area (Å²) in [6.07, 6.45) is 0. The summed E-state index contributed by atoms with van der Waals surface area (Å²) in [4.78, 5) is 0.